The number of aromatic nitrogens is 2. The van der Waals surface area contributed by atoms with Crippen molar-refractivity contribution in [3.63, 3.8) is 0 Å². The zero-order valence-electron chi connectivity index (χ0n) is 24.4. The number of hydrogen-bond donors (Lipinski definition) is 3. The molecule has 2 saturated heterocycles. The Morgan fingerprint density at radius 1 is 1.05 bits per heavy atom. The van der Waals surface area contributed by atoms with Crippen molar-refractivity contribution in [2.24, 2.45) is 11.3 Å². The summed E-state index contributed by atoms with van der Waals surface area (Å²) in [6, 6.07) is -0.133. The topological polar surface area (TPSA) is 129 Å². The monoisotopic (exact) mass is 543 g/mol. The summed E-state index contributed by atoms with van der Waals surface area (Å²) in [7, 11) is 0. The van der Waals surface area contributed by atoms with Gasteiger partial charge in [0.15, 0.2) is 0 Å². The minimum atomic E-state index is -0.500. The molecular formula is C28H45N7O4. The Kier molecular flexibility index (Phi) is 8.56. The van der Waals surface area contributed by atoms with Gasteiger partial charge in [-0.3, -0.25) is 20.4 Å². The van der Waals surface area contributed by atoms with Gasteiger partial charge in [0, 0.05) is 56.5 Å². The molecule has 1 spiro atoms. The molecule has 1 aromatic heterocycles. The maximum atomic E-state index is 12.5. The minimum absolute atomic E-state index is 0.0474. The Hall–Kier alpha value is -3.11. The molecule has 0 bridgehead atoms. The van der Waals surface area contributed by atoms with Gasteiger partial charge in [0.1, 0.15) is 11.4 Å². The molecule has 3 heterocycles. The van der Waals surface area contributed by atoms with Crippen LogP contribution in [0.15, 0.2) is 0 Å². The Balaban J connectivity index is 1.47. The molecule has 3 aliphatic rings. The van der Waals surface area contributed by atoms with Crippen LogP contribution in [0.2, 0.25) is 0 Å². The first kappa shape index (κ1) is 28.9. The summed E-state index contributed by atoms with van der Waals surface area (Å²) < 4.78 is 5.54. The van der Waals surface area contributed by atoms with Gasteiger partial charge in [-0.1, -0.05) is 13.8 Å². The molecule has 3 N–H and O–H groups in total. The number of nitrogens with zero attached hydrogens (tertiary/aromatic N) is 4. The largest absolute Gasteiger partial charge is 0.444 e. The fourth-order valence-electron chi connectivity index (χ4n) is 5.81. The van der Waals surface area contributed by atoms with Crippen LogP contribution in [0.25, 0.3) is 0 Å². The highest BCUT2D eigenvalue weighted by atomic mass is 16.6. The molecule has 0 unspecified atom stereocenters. The predicted octanol–water partition coefficient (Wildman–Crippen LogP) is 3.19. The number of nitrogens with one attached hydrogen (secondary N) is 3. The first-order chi connectivity index (χ1) is 18.3. The lowest BCUT2D eigenvalue weighted by molar-refractivity contribution is -0.128. The first-order valence-corrected chi connectivity index (χ1v) is 14.3. The third kappa shape index (κ3) is 7.51. The van der Waals surface area contributed by atoms with Crippen molar-refractivity contribution in [1.29, 1.82) is 0 Å². The van der Waals surface area contributed by atoms with Crippen LogP contribution in [0.5, 0.6) is 0 Å². The van der Waals surface area contributed by atoms with Crippen LogP contribution < -0.4 is 21.1 Å². The average Bonchev–Trinajstić information content (AvgIpc) is 3.26. The average molecular weight is 544 g/mol. The van der Waals surface area contributed by atoms with E-state index in [1.54, 1.807) is 4.90 Å². The lowest BCUT2D eigenvalue weighted by Gasteiger charge is -2.47. The summed E-state index contributed by atoms with van der Waals surface area (Å²) in [6.45, 7) is 14.3. The molecule has 4 rings (SSSR count). The maximum absolute atomic E-state index is 12.5. The van der Waals surface area contributed by atoms with Crippen molar-refractivity contribution in [2.75, 3.05) is 36.4 Å². The Bertz CT molecular complexity index is 1080. The summed E-state index contributed by atoms with van der Waals surface area (Å²) >= 11 is 0. The van der Waals surface area contributed by atoms with E-state index in [9.17, 15) is 14.4 Å². The quantitative estimate of drug-likeness (QED) is 0.447. The summed E-state index contributed by atoms with van der Waals surface area (Å²) in [5.74, 6) is 1.36. The van der Waals surface area contributed by atoms with Crippen LogP contribution in [0.3, 0.4) is 0 Å². The highest BCUT2D eigenvalue weighted by Gasteiger charge is 2.51. The smallest absolute Gasteiger partial charge is 0.410 e. The number of likely N-dealkylation sites (tertiary alicyclic amines) is 1. The van der Waals surface area contributed by atoms with Crippen LogP contribution >= 0.6 is 0 Å². The summed E-state index contributed by atoms with van der Waals surface area (Å²) in [5.41, 5.74) is 6.63. The second-order valence-corrected chi connectivity index (χ2v) is 12.9. The van der Waals surface area contributed by atoms with Crippen molar-refractivity contribution in [2.45, 2.75) is 98.1 Å². The second-order valence-electron chi connectivity index (χ2n) is 12.9. The second kappa shape index (κ2) is 11.6. The van der Waals surface area contributed by atoms with Crippen LogP contribution in [0.1, 0.15) is 84.9 Å². The van der Waals surface area contributed by atoms with Gasteiger partial charge in [-0.15, -0.1) is 0 Å². The third-order valence-electron chi connectivity index (χ3n) is 7.50. The van der Waals surface area contributed by atoms with E-state index in [0.717, 1.165) is 74.6 Å². The van der Waals surface area contributed by atoms with Gasteiger partial charge < -0.3 is 19.9 Å². The highest BCUT2D eigenvalue weighted by Crippen LogP contribution is 2.41. The number of hydrogen-bond acceptors (Lipinski definition) is 8. The van der Waals surface area contributed by atoms with Crippen LogP contribution in [0, 0.1) is 11.3 Å². The van der Waals surface area contributed by atoms with Gasteiger partial charge in [0.05, 0.1) is 5.69 Å². The number of carbonyl (C=O) groups is 3. The van der Waals surface area contributed by atoms with Gasteiger partial charge in [-0.2, -0.15) is 4.98 Å². The lowest BCUT2D eigenvalue weighted by atomic mass is 9.79. The van der Waals surface area contributed by atoms with E-state index in [-0.39, 0.29) is 35.8 Å². The molecule has 2 aliphatic heterocycles. The Morgan fingerprint density at radius 3 is 2.44 bits per heavy atom. The zero-order chi connectivity index (χ0) is 28.4. The number of carbonyl (C=O) groups excluding carboxylic acids is 3. The molecule has 39 heavy (non-hydrogen) atoms. The molecule has 11 nitrogen and oxygen atoms in total. The first-order valence-electron chi connectivity index (χ1n) is 14.3. The Morgan fingerprint density at radius 2 is 1.77 bits per heavy atom. The molecule has 3 amide bonds. The normalized spacial score (nSPS) is 18.8. The van der Waals surface area contributed by atoms with Crippen molar-refractivity contribution in [1.82, 2.24) is 25.7 Å². The molecule has 1 aromatic rings. The molecule has 0 aromatic carbocycles. The molecule has 11 heteroatoms. The predicted molar refractivity (Wildman–Crippen MR) is 149 cm³/mol. The zero-order valence-corrected chi connectivity index (χ0v) is 24.4. The van der Waals surface area contributed by atoms with Crippen molar-refractivity contribution in [3.8, 4) is 0 Å². The standard InChI is InChI=1S/C28H45N7O4/c1-18(2)13-20(14-23(37)33-32-19(3)36)29-24-21-9-7-8-10-22(21)30-25(31-24)34-12-11-28(15-34)16-35(17-28)26(38)39-27(4,5)6/h18,20H,7-17H2,1-6H3,(H,32,36)(H,33,37)(H,29,30,31)/t20-/m0/s1. The number of fused-ring (bicyclic) bond motifs is 1. The van der Waals surface area contributed by atoms with E-state index in [2.05, 4.69) is 34.9 Å². The molecule has 1 aliphatic carbocycles. The molecule has 0 saturated carbocycles. The van der Waals surface area contributed by atoms with Crippen molar-refractivity contribution < 1.29 is 19.1 Å². The van der Waals surface area contributed by atoms with E-state index in [4.69, 9.17) is 14.7 Å². The lowest BCUT2D eigenvalue weighted by Crippen LogP contribution is -2.60. The van der Waals surface area contributed by atoms with E-state index in [0.29, 0.717) is 19.0 Å². The molecular weight excluding hydrogens is 498 g/mol. The fourth-order valence-corrected chi connectivity index (χ4v) is 5.81. The van der Waals surface area contributed by atoms with E-state index >= 15 is 0 Å². The van der Waals surface area contributed by atoms with Gasteiger partial charge in [0.2, 0.25) is 17.8 Å². The number of aryl methyl sites for hydroxylation is 1. The van der Waals surface area contributed by atoms with Gasteiger partial charge >= 0.3 is 6.09 Å². The van der Waals surface area contributed by atoms with E-state index < -0.39 is 5.60 Å². The molecule has 0 radical (unpaired) electrons. The van der Waals surface area contributed by atoms with Gasteiger partial charge in [-0.25, -0.2) is 9.78 Å². The van der Waals surface area contributed by atoms with Crippen LogP contribution in [-0.4, -0.2) is 70.6 Å². The van der Waals surface area contributed by atoms with Gasteiger partial charge in [0.25, 0.3) is 0 Å². The van der Waals surface area contributed by atoms with Crippen LogP contribution in [-0.2, 0) is 27.2 Å². The van der Waals surface area contributed by atoms with Gasteiger partial charge in [-0.05, 0) is 65.2 Å². The summed E-state index contributed by atoms with van der Waals surface area (Å²) in [4.78, 5) is 50.3. The van der Waals surface area contributed by atoms with Crippen LogP contribution in [0.4, 0.5) is 16.6 Å². The Labute approximate surface area is 231 Å². The number of anilines is 2. The fraction of sp³-hybridized carbons (Fsp3) is 0.750. The van der Waals surface area contributed by atoms with Crippen molar-refractivity contribution >= 4 is 29.7 Å². The minimum Gasteiger partial charge on any atom is -0.444 e. The van der Waals surface area contributed by atoms with Crippen molar-refractivity contribution in [3.05, 3.63) is 11.3 Å². The number of ether oxygens (including phenoxy) is 1. The third-order valence-corrected chi connectivity index (χ3v) is 7.50. The van der Waals surface area contributed by atoms with E-state index in [1.807, 2.05) is 20.8 Å². The molecule has 216 valence electrons. The van der Waals surface area contributed by atoms with E-state index in [1.165, 1.54) is 6.92 Å². The SMILES string of the molecule is CC(=O)NNC(=O)C[C@H](CC(C)C)Nc1nc(N2CCC3(CN(C(=O)OC(C)(C)C)C3)C2)nc2c1CCCC2. The maximum Gasteiger partial charge on any atom is 0.410 e. The summed E-state index contributed by atoms with van der Waals surface area (Å²) in [5, 5.41) is 3.59. The number of amides is 3. The summed E-state index contributed by atoms with van der Waals surface area (Å²) in [6.07, 6.45) is 5.77. The molecule has 2 fully saturated rings. The highest BCUT2D eigenvalue weighted by molar-refractivity contribution is 5.81. The molecule has 1 atom stereocenters. The number of rotatable bonds is 7. The number of hydrazine groups is 1.